The summed E-state index contributed by atoms with van der Waals surface area (Å²) >= 11 is 0. The van der Waals surface area contributed by atoms with Crippen molar-refractivity contribution in [3.8, 4) is 11.4 Å². The van der Waals surface area contributed by atoms with Gasteiger partial charge in [0.2, 0.25) is 17.6 Å². The summed E-state index contributed by atoms with van der Waals surface area (Å²) in [5, 5.41) is 7.13. The number of amides is 1. The highest BCUT2D eigenvalue weighted by atomic mass is 35.5. The quantitative estimate of drug-likeness (QED) is 0.749. The lowest BCUT2D eigenvalue weighted by atomic mass is 9.94. The van der Waals surface area contributed by atoms with Crippen LogP contribution in [-0.2, 0) is 4.79 Å². The topological polar surface area (TPSA) is 107 Å². The lowest BCUT2D eigenvalue weighted by molar-refractivity contribution is -0.127. The Morgan fingerprint density at radius 3 is 2.78 bits per heavy atom. The van der Waals surface area contributed by atoms with E-state index in [-0.39, 0.29) is 54.5 Å². The number of hydrogen-bond donors (Lipinski definition) is 2. The summed E-state index contributed by atoms with van der Waals surface area (Å²) < 4.78 is 5.43. The standard InChI is InChI=1S/C18H25N5O2.2ClH/c1-11(2)15(21-17(24)14-7-3-5-12(14)9-19)18-22-16(23-25-18)13-6-4-8-20-10-13;;/h4,6,8,10-12,14-15H,3,5,7,9,19H2,1-2H3,(H,21,24);2*1H/t12-,14-,15?;;/m1../s1. The highest BCUT2D eigenvalue weighted by Crippen LogP contribution is 2.32. The Labute approximate surface area is 171 Å². The lowest BCUT2D eigenvalue weighted by Crippen LogP contribution is -2.39. The third kappa shape index (κ3) is 5.40. The van der Waals surface area contributed by atoms with Crippen molar-refractivity contribution in [1.82, 2.24) is 20.4 Å². The predicted molar refractivity (Wildman–Crippen MR) is 108 cm³/mol. The molecular weight excluding hydrogens is 389 g/mol. The molecule has 9 heteroatoms. The fraction of sp³-hybridized carbons (Fsp3) is 0.556. The first kappa shape index (κ1) is 23.3. The van der Waals surface area contributed by atoms with Crippen LogP contribution in [0.3, 0.4) is 0 Å². The van der Waals surface area contributed by atoms with Crippen LogP contribution in [0, 0.1) is 17.8 Å². The summed E-state index contributed by atoms with van der Waals surface area (Å²) in [5.74, 6) is 1.30. The van der Waals surface area contributed by atoms with Gasteiger partial charge in [0.25, 0.3) is 0 Å². The molecule has 0 bridgehead atoms. The molecule has 1 aliphatic rings. The summed E-state index contributed by atoms with van der Waals surface area (Å²) in [4.78, 5) is 21.2. The highest BCUT2D eigenvalue weighted by molar-refractivity contribution is 5.85. The number of pyridine rings is 1. The average Bonchev–Trinajstić information content (AvgIpc) is 3.29. The van der Waals surface area contributed by atoms with Crippen LogP contribution in [0.2, 0.25) is 0 Å². The first-order valence-corrected chi connectivity index (χ1v) is 8.84. The molecule has 3 atom stereocenters. The van der Waals surface area contributed by atoms with E-state index in [9.17, 15) is 4.79 Å². The minimum Gasteiger partial charge on any atom is -0.344 e. The van der Waals surface area contributed by atoms with Gasteiger partial charge in [0.05, 0.1) is 0 Å². The number of carbonyl (C=O) groups excluding carboxylic acids is 1. The Balaban J connectivity index is 0.00000182. The van der Waals surface area contributed by atoms with Crippen molar-refractivity contribution >= 4 is 30.7 Å². The molecule has 7 nitrogen and oxygen atoms in total. The van der Waals surface area contributed by atoms with E-state index < -0.39 is 0 Å². The number of nitrogens with zero attached hydrogens (tertiary/aromatic N) is 3. The van der Waals surface area contributed by atoms with E-state index in [4.69, 9.17) is 10.3 Å². The molecule has 1 unspecified atom stereocenters. The van der Waals surface area contributed by atoms with Gasteiger partial charge in [-0.3, -0.25) is 9.78 Å². The van der Waals surface area contributed by atoms with Crippen molar-refractivity contribution in [2.75, 3.05) is 6.54 Å². The van der Waals surface area contributed by atoms with Gasteiger partial charge in [-0.05, 0) is 43.4 Å². The predicted octanol–water partition coefficient (Wildman–Crippen LogP) is 3.16. The molecule has 1 fully saturated rings. The molecule has 1 saturated carbocycles. The molecule has 1 amide bonds. The van der Waals surface area contributed by atoms with Crippen molar-refractivity contribution in [2.24, 2.45) is 23.5 Å². The van der Waals surface area contributed by atoms with Crippen LogP contribution < -0.4 is 11.1 Å². The molecule has 150 valence electrons. The van der Waals surface area contributed by atoms with Crippen molar-refractivity contribution < 1.29 is 9.32 Å². The SMILES string of the molecule is CC(C)C(NC(=O)[C@@H]1CCC[C@@H]1CN)c1nc(-c2cccnc2)no1.Cl.Cl. The first-order valence-electron chi connectivity index (χ1n) is 8.84. The minimum absolute atomic E-state index is 0. The highest BCUT2D eigenvalue weighted by Gasteiger charge is 2.34. The zero-order chi connectivity index (χ0) is 17.8. The number of rotatable bonds is 6. The molecule has 27 heavy (non-hydrogen) atoms. The van der Waals surface area contributed by atoms with Gasteiger partial charge in [-0.25, -0.2) is 0 Å². The second-order valence-electron chi connectivity index (χ2n) is 6.96. The van der Waals surface area contributed by atoms with Crippen molar-refractivity contribution in [2.45, 2.75) is 39.2 Å². The number of halogens is 2. The molecule has 0 radical (unpaired) electrons. The van der Waals surface area contributed by atoms with Crippen LogP contribution in [0.25, 0.3) is 11.4 Å². The average molecular weight is 416 g/mol. The van der Waals surface area contributed by atoms with Gasteiger partial charge in [-0.1, -0.05) is 25.4 Å². The van der Waals surface area contributed by atoms with E-state index in [1.54, 1.807) is 12.4 Å². The van der Waals surface area contributed by atoms with Gasteiger partial charge < -0.3 is 15.6 Å². The molecule has 0 aromatic carbocycles. The summed E-state index contributed by atoms with van der Waals surface area (Å²) in [6.07, 6.45) is 6.34. The maximum absolute atomic E-state index is 12.7. The molecule has 0 aliphatic heterocycles. The molecular formula is C18H27Cl2N5O2. The van der Waals surface area contributed by atoms with Crippen LogP contribution in [0.1, 0.15) is 45.0 Å². The second kappa shape index (κ2) is 10.6. The molecule has 1 aliphatic carbocycles. The monoisotopic (exact) mass is 415 g/mol. The van der Waals surface area contributed by atoms with E-state index >= 15 is 0 Å². The van der Waals surface area contributed by atoms with Gasteiger partial charge in [-0.15, -0.1) is 24.8 Å². The normalized spacial score (nSPS) is 19.9. The summed E-state index contributed by atoms with van der Waals surface area (Å²) in [5.41, 5.74) is 6.59. The van der Waals surface area contributed by atoms with Gasteiger partial charge in [0.1, 0.15) is 6.04 Å². The maximum Gasteiger partial charge on any atom is 0.249 e. The molecule has 2 aromatic heterocycles. The summed E-state index contributed by atoms with van der Waals surface area (Å²) in [6, 6.07) is 3.37. The van der Waals surface area contributed by atoms with Crippen molar-refractivity contribution in [3.05, 3.63) is 30.4 Å². The smallest absolute Gasteiger partial charge is 0.249 e. The van der Waals surface area contributed by atoms with E-state index in [2.05, 4.69) is 20.4 Å². The van der Waals surface area contributed by atoms with E-state index in [1.165, 1.54) is 0 Å². The Bertz CT molecular complexity index is 711. The molecule has 3 rings (SSSR count). The first-order chi connectivity index (χ1) is 12.1. The van der Waals surface area contributed by atoms with E-state index in [1.807, 2.05) is 26.0 Å². The van der Waals surface area contributed by atoms with Gasteiger partial charge in [-0.2, -0.15) is 4.98 Å². The van der Waals surface area contributed by atoms with Crippen LogP contribution in [0.5, 0.6) is 0 Å². The fourth-order valence-corrected chi connectivity index (χ4v) is 3.41. The molecule has 2 aromatic rings. The molecule has 3 N–H and O–H groups in total. The Hall–Kier alpha value is -1.70. The van der Waals surface area contributed by atoms with Crippen LogP contribution in [-0.4, -0.2) is 27.6 Å². The maximum atomic E-state index is 12.7. The Morgan fingerprint density at radius 1 is 1.37 bits per heavy atom. The van der Waals surface area contributed by atoms with Crippen LogP contribution >= 0.6 is 24.8 Å². The minimum atomic E-state index is -0.315. The number of aromatic nitrogens is 3. The fourth-order valence-electron chi connectivity index (χ4n) is 3.41. The Kier molecular flexibility index (Phi) is 9.15. The zero-order valence-corrected chi connectivity index (χ0v) is 17.1. The largest absolute Gasteiger partial charge is 0.344 e. The number of nitrogens with one attached hydrogen (secondary N) is 1. The van der Waals surface area contributed by atoms with Gasteiger partial charge in [0, 0.05) is 23.9 Å². The van der Waals surface area contributed by atoms with Crippen molar-refractivity contribution in [3.63, 3.8) is 0 Å². The summed E-state index contributed by atoms with van der Waals surface area (Å²) in [6.45, 7) is 4.60. The molecule has 2 heterocycles. The van der Waals surface area contributed by atoms with E-state index in [0.717, 1.165) is 24.8 Å². The zero-order valence-electron chi connectivity index (χ0n) is 15.5. The Morgan fingerprint density at radius 2 is 2.15 bits per heavy atom. The third-order valence-corrected chi connectivity index (χ3v) is 4.89. The molecule has 0 saturated heterocycles. The van der Waals surface area contributed by atoms with Crippen molar-refractivity contribution in [1.29, 1.82) is 0 Å². The lowest BCUT2D eigenvalue weighted by Gasteiger charge is -2.23. The van der Waals surface area contributed by atoms with Gasteiger partial charge >= 0.3 is 0 Å². The summed E-state index contributed by atoms with van der Waals surface area (Å²) in [7, 11) is 0. The van der Waals surface area contributed by atoms with Gasteiger partial charge in [0.15, 0.2) is 0 Å². The second-order valence-corrected chi connectivity index (χ2v) is 6.96. The number of carbonyl (C=O) groups is 1. The molecule has 0 spiro atoms. The van der Waals surface area contributed by atoms with Crippen LogP contribution in [0.4, 0.5) is 0 Å². The van der Waals surface area contributed by atoms with E-state index in [0.29, 0.717) is 18.3 Å². The number of hydrogen-bond acceptors (Lipinski definition) is 6. The van der Waals surface area contributed by atoms with Crippen LogP contribution in [0.15, 0.2) is 29.0 Å². The third-order valence-electron chi connectivity index (χ3n) is 4.89. The number of nitrogens with two attached hydrogens (primary N) is 1.